The van der Waals surface area contributed by atoms with Crippen molar-refractivity contribution >= 4 is 0 Å². The van der Waals surface area contributed by atoms with Crippen LogP contribution in [0.15, 0.2) is 4.42 Å². The lowest BCUT2D eigenvalue weighted by Gasteiger charge is -2.34. The molecule has 2 heterocycles. The van der Waals surface area contributed by atoms with Crippen molar-refractivity contribution < 1.29 is 9.52 Å². The maximum Gasteiger partial charge on any atom is 0.230 e. The Bertz CT molecular complexity index is 340. The second-order valence-electron chi connectivity index (χ2n) is 4.47. The highest BCUT2D eigenvalue weighted by atomic mass is 16.4. The van der Waals surface area contributed by atoms with Crippen molar-refractivity contribution in [2.24, 2.45) is 5.92 Å². The lowest BCUT2D eigenvalue weighted by molar-refractivity contribution is 0.0192. The van der Waals surface area contributed by atoms with Gasteiger partial charge in [0.1, 0.15) is 0 Å². The summed E-state index contributed by atoms with van der Waals surface area (Å²) in [6.45, 7) is 6.43. The molecule has 1 fully saturated rings. The molecule has 2 unspecified atom stereocenters. The molecule has 0 radical (unpaired) electrons. The van der Waals surface area contributed by atoms with Crippen LogP contribution in [0, 0.1) is 12.8 Å². The first-order chi connectivity index (χ1) is 7.69. The predicted molar refractivity (Wildman–Crippen MR) is 58.7 cm³/mol. The van der Waals surface area contributed by atoms with E-state index in [4.69, 9.17) is 4.42 Å². The second-order valence-corrected chi connectivity index (χ2v) is 4.47. The number of aliphatic hydroxyl groups is 1. The van der Waals surface area contributed by atoms with Crippen molar-refractivity contribution in [1.29, 1.82) is 0 Å². The zero-order valence-corrected chi connectivity index (χ0v) is 9.89. The highest BCUT2D eigenvalue weighted by molar-refractivity contribution is 4.84. The SMILES string of the molecule is CCC1CN(Cc2nnc(C)o2)CCC1O. The van der Waals surface area contributed by atoms with Crippen molar-refractivity contribution in [1.82, 2.24) is 15.1 Å². The van der Waals surface area contributed by atoms with E-state index in [-0.39, 0.29) is 6.10 Å². The van der Waals surface area contributed by atoms with E-state index in [2.05, 4.69) is 22.0 Å². The molecule has 0 aromatic carbocycles. The van der Waals surface area contributed by atoms with Gasteiger partial charge in [0.15, 0.2) is 0 Å². The molecule has 1 saturated heterocycles. The molecular weight excluding hydrogens is 206 g/mol. The summed E-state index contributed by atoms with van der Waals surface area (Å²) < 4.78 is 5.36. The Hall–Kier alpha value is -0.940. The van der Waals surface area contributed by atoms with Crippen LogP contribution in [0.25, 0.3) is 0 Å². The zero-order chi connectivity index (χ0) is 11.5. The number of hydrogen-bond donors (Lipinski definition) is 1. The van der Waals surface area contributed by atoms with Gasteiger partial charge in [0.05, 0.1) is 12.6 Å². The third-order valence-electron chi connectivity index (χ3n) is 3.23. The van der Waals surface area contributed by atoms with Gasteiger partial charge in [-0.2, -0.15) is 0 Å². The van der Waals surface area contributed by atoms with Gasteiger partial charge in [0.25, 0.3) is 0 Å². The highest BCUT2D eigenvalue weighted by Gasteiger charge is 2.27. The van der Waals surface area contributed by atoms with E-state index in [9.17, 15) is 5.11 Å². The van der Waals surface area contributed by atoms with Crippen LogP contribution in [0.3, 0.4) is 0 Å². The quantitative estimate of drug-likeness (QED) is 0.830. The summed E-state index contributed by atoms with van der Waals surface area (Å²) >= 11 is 0. The average Bonchev–Trinajstić information content (AvgIpc) is 2.67. The summed E-state index contributed by atoms with van der Waals surface area (Å²) in [4.78, 5) is 2.27. The normalized spacial score (nSPS) is 27.2. The number of nitrogens with zero attached hydrogens (tertiary/aromatic N) is 3. The molecule has 0 amide bonds. The fourth-order valence-corrected chi connectivity index (χ4v) is 2.23. The molecule has 1 aromatic rings. The highest BCUT2D eigenvalue weighted by Crippen LogP contribution is 2.21. The molecule has 1 aliphatic rings. The Morgan fingerprint density at radius 3 is 2.94 bits per heavy atom. The number of aryl methyl sites for hydroxylation is 1. The molecule has 2 atom stereocenters. The zero-order valence-electron chi connectivity index (χ0n) is 9.89. The van der Waals surface area contributed by atoms with Gasteiger partial charge in [0.2, 0.25) is 11.8 Å². The predicted octanol–water partition coefficient (Wildman–Crippen LogP) is 0.971. The van der Waals surface area contributed by atoms with Gasteiger partial charge in [-0.25, -0.2) is 0 Å². The maximum absolute atomic E-state index is 9.78. The minimum atomic E-state index is -0.148. The van der Waals surface area contributed by atoms with Crippen LogP contribution < -0.4 is 0 Å². The van der Waals surface area contributed by atoms with Gasteiger partial charge in [-0.1, -0.05) is 6.92 Å². The minimum absolute atomic E-state index is 0.148. The standard InChI is InChI=1S/C11H19N3O2/c1-3-9-6-14(5-4-10(9)15)7-11-13-12-8(2)16-11/h9-10,15H,3-7H2,1-2H3. The molecule has 5 nitrogen and oxygen atoms in total. The smallest absolute Gasteiger partial charge is 0.230 e. The first-order valence-electron chi connectivity index (χ1n) is 5.88. The van der Waals surface area contributed by atoms with Crippen LogP contribution in [0.5, 0.6) is 0 Å². The molecule has 5 heteroatoms. The number of aromatic nitrogens is 2. The molecule has 16 heavy (non-hydrogen) atoms. The van der Waals surface area contributed by atoms with Gasteiger partial charge in [-0.3, -0.25) is 4.90 Å². The van der Waals surface area contributed by atoms with E-state index < -0.39 is 0 Å². The van der Waals surface area contributed by atoms with Crippen LogP contribution in [-0.4, -0.2) is 39.4 Å². The van der Waals surface area contributed by atoms with E-state index in [1.807, 2.05) is 0 Å². The molecule has 2 rings (SSSR count). The summed E-state index contributed by atoms with van der Waals surface area (Å²) in [7, 11) is 0. The van der Waals surface area contributed by atoms with Crippen molar-refractivity contribution in [3.05, 3.63) is 11.8 Å². The third-order valence-corrected chi connectivity index (χ3v) is 3.23. The number of hydrogen-bond acceptors (Lipinski definition) is 5. The average molecular weight is 225 g/mol. The Kier molecular flexibility index (Phi) is 3.56. The van der Waals surface area contributed by atoms with Gasteiger partial charge < -0.3 is 9.52 Å². The molecule has 1 aromatic heterocycles. The van der Waals surface area contributed by atoms with Crippen LogP contribution in [0.4, 0.5) is 0 Å². The molecule has 1 aliphatic heterocycles. The first kappa shape index (κ1) is 11.5. The van der Waals surface area contributed by atoms with Crippen molar-refractivity contribution in [2.45, 2.75) is 39.3 Å². The molecule has 0 saturated carbocycles. The lowest BCUT2D eigenvalue weighted by atomic mass is 9.92. The lowest BCUT2D eigenvalue weighted by Crippen LogP contribution is -2.42. The van der Waals surface area contributed by atoms with Crippen molar-refractivity contribution in [2.75, 3.05) is 13.1 Å². The molecule has 90 valence electrons. The summed E-state index contributed by atoms with van der Waals surface area (Å²) in [6, 6.07) is 0. The van der Waals surface area contributed by atoms with Gasteiger partial charge in [0, 0.05) is 20.0 Å². The van der Waals surface area contributed by atoms with E-state index in [1.165, 1.54) is 0 Å². The van der Waals surface area contributed by atoms with Crippen LogP contribution in [0.1, 0.15) is 31.5 Å². The van der Waals surface area contributed by atoms with Crippen molar-refractivity contribution in [3.63, 3.8) is 0 Å². The largest absolute Gasteiger partial charge is 0.424 e. The van der Waals surface area contributed by atoms with Crippen LogP contribution >= 0.6 is 0 Å². The first-order valence-corrected chi connectivity index (χ1v) is 5.88. The maximum atomic E-state index is 9.78. The number of likely N-dealkylation sites (tertiary alicyclic amines) is 1. The second kappa shape index (κ2) is 4.93. The summed E-state index contributed by atoms with van der Waals surface area (Å²) in [5, 5.41) is 17.6. The molecule has 0 spiro atoms. The number of rotatable bonds is 3. The summed E-state index contributed by atoms with van der Waals surface area (Å²) in [6.07, 6.45) is 1.71. The number of aliphatic hydroxyl groups excluding tert-OH is 1. The third kappa shape index (κ3) is 2.59. The Morgan fingerprint density at radius 1 is 1.50 bits per heavy atom. The number of piperidine rings is 1. The van der Waals surface area contributed by atoms with Gasteiger partial charge in [-0.15, -0.1) is 10.2 Å². The molecular formula is C11H19N3O2. The summed E-state index contributed by atoms with van der Waals surface area (Å²) in [5.74, 6) is 1.65. The van der Waals surface area contributed by atoms with Gasteiger partial charge in [-0.05, 0) is 18.8 Å². The fourth-order valence-electron chi connectivity index (χ4n) is 2.23. The topological polar surface area (TPSA) is 62.4 Å². The fraction of sp³-hybridized carbons (Fsp3) is 0.818. The minimum Gasteiger partial charge on any atom is -0.424 e. The van der Waals surface area contributed by atoms with E-state index >= 15 is 0 Å². The van der Waals surface area contributed by atoms with Crippen molar-refractivity contribution in [3.8, 4) is 0 Å². The summed E-state index contributed by atoms with van der Waals surface area (Å²) in [5.41, 5.74) is 0. The van der Waals surface area contributed by atoms with Crippen LogP contribution in [0.2, 0.25) is 0 Å². The van der Waals surface area contributed by atoms with E-state index in [0.717, 1.165) is 25.9 Å². The van der Waals surface area contributed by atoms with Gasteiger partial charge >= 0.3 is 0 Å². The molecule has 1 N–H and O–H groups in total. The Balaban J connectivity index is 1.91. The van der Waals surface area contributed by atoms with E-state index in [0.29, 0.717) is 24.2 Å². The Morgan fingerprint density at radius 2 is 2.31 bits per heavy atom. The molecule has 0 aliphatic carbocycles. The molecule has 0 bridgehead atoms. The Labute approximate surface area is 95.5 Å². The van der Waals surface area contributed by atoms with E-state index in [1.54, 1.807) is 6.92 Å². The van der Waals surface area contributed by atoms with Crippen LogP contribution in [-0.2, 0) is 6.54 Å². The monoisotopic (exact) mass is 225 g/mol.